The fourth-order valence-electron chi connectivity index (χ4n) is 2.14. The van der Waals surface area contributed by atoms with Crippen LogP contribution < -0.4 is 5.32 Å². The summed E-state index contributed by atoms with van der Waals surface area (Å²) in [6.45, 7) is 0.876. The van der Waals surface area contributed by atoms with Crippen molar-refractivity contribution in [3.05, 3.63) is 35.4 Å². The van der Waals surface area contributed by atoms with E-state index in [2.05, 4.69) is 5.32 Å². The lowest BCUT2D eigenvalue weighted by atomic mass is 10.0. The third-order valence-electron chi connectivity index (χ3n) is 3.11. The highest BCUT2D eigenvalue weighted by atomic mass is 19.4. The minimum Gasteiger partial charge on any atom is -0.314 e. The maximum Gasteiger partial charge on any atom is 0.416 e. The van der Waals surface area contributed by atoms with E-state index in [1.165, 1.54) is 12.1 Å². The number of rotatable bonds is 3. The lowest BCUT2D eigenvalue weighted by Gasteiger charge is -2.11. The fraction of sp³-hybridized carbons (Fsp3) is 0.462. The van der Waals surface area contributed by atoms with Gasteiger partial charge in [-0.2, -0.15) is 13.2 Å². The predicted octanol–water partition coefficient (Wildman–Crippen LogP) is 3.03. The summed E-state index contributed by atoms with van der Waals surface area (Å²) < 4.78 is 37.5. The van der Waals surface area contributed by atoms with Gasteiger partial charge in [0.25, 0.3) is 0 Å². The topological polar surface area (TPSA) is 29.1 Å². The van der Waals surface area contributed by atoms with Gasteiger partial charge in [0.2, 0.25) is 0 Å². The van der Waals surface area contributed by atoms with Crippen LogP contribution in [0, 0.1) is 0 Å². The number of carbonyl (C=O) groups excluding carboxylic acids is 1. The molecule has 0 saturated carbocycles. The first kappa shape index (κ1) is 13.1. The van der Waals surface area contributed by atoms with Crippen molar-refractivity contribution in [3.8, 4) is 0 Å². The van der Waals surface area contributed by atoms with Gasteiger partial charge in [-0.25, -0.2) is 0 Å². The lowest BCUT2D eigenvalue weighted by molar-refractivity contribution is -0.137. The van der Waals surface area contributed by atoms with Gasteiger partial charge in [0.1, 0.15) is 0 Å². The number of hydrogen-bond acceptors (Lipinski definition) is 2. The Bertz CT molecular complexity index is 436. The van der Waals surface area contributed by atoms with E-state index < -0.39 is 11.7 Å². The molecular formula is C13H14F3NO. The molecule has 1 unspecified atom stereocenters. The van der Waals surface area contributed by atoms with Gasteiger partial charge in [-0.05, 0) is 31.5 Å². The Balaban J connectivity index is 2.10. The van der Waals surface area contributed by atoms with Gasteiger partial charge in [0, 0.05) is 18.0 Å². The van der Waals surface area contributed by atoms with Crippen LogP contribution in [0.15, 0.2) is 24.3 Å². The first-order valence-corrected chi connectivity index (χ1v) is 5.90. The van der Waals surface area contributed by atoms with Gasteiger partial charge >= 0.3 is 6.18 Å². The average molecular weight is 257 g/mol. The van der Waals surface area contributed by atoms with Gasteiger partial charge < -0.3 is 5.32 Å². The summed E-state index contributed by atoms with van der Waals surface area (Å²) in [6.07, 6.45) is -2.21. The molecule has 0 spiro atoms. The molecule has 1 saturated heterocycles. The van der Waals surface area contributed by atoms with Crippen LogP contribution in [0.3, 0.4) is 0 Å². The standard InChI is InChI=1S/C13H14F3NO/c14-13(15,16)10-4-1-3-9(7-10)12(18)8-11-5-2-6-17-11/h1,3-4,7,11,17H,2,5-6,8H2. The van der Waals surface area contributed by atoms with E-state index in [0.717, 1.165) is 31.5 Å². The van der Waals surface area contributed by atoms with Crippen molar-refractivity contribution in [3.63, 3.8) is 0 Å². The second kappa shape index (κ2) is 5.10. The van der Waals surface area contributed by atoms with Crippen molar-refractivity contribution in [2.75, 3.05) is 6.54 Å². The second-order valence-electron chi connectivity index (χ2n) is 4.50. The molecule has 0 aromatic heterocycles. The molecule has 0 amide bonds. The summed E-state index contributed by atoms with van der Waals surface area (Å²) in [7, 11) is 0. The quantitative estimate of drug-likeness (QED) is 0.843. The van der Waals surface area contributed by atoms with Crippen LogP contribution in [-0.2, 0) is 6.18 Å². The summed E-state index contributed by atoms with van der Waals surface area (Å²) >= 11 is 0. The van der Waals surface area contributed by atoms with Crippen LogP contribution in [0.25, 0.3) is 0 Å². The van der Waals surface area contributed by atoms with E-state index in [-0.39, 0.29) is 23.8 Å². The highest BCUT2D eigenvalue weighted by molar-refractivity contribution is 5.96. The maximum absolute atomic E-state index is 12.5. The summed E-state index contributed by atoms with van der Waals surface area (Å²) in [5.74, 6) is -0.236. The number of halogens is 3. The van der Waals surface area contributed by atoms with Crippen LogP contribution in [0.4, 0.5) is 13.2 Å². The molecule has 1 heterocycles. The smallest absolute Gasteiger partial charge is 0.314 e. The number of Topliss-reactive ketones (excluding diaryl/α,β-unsaturated/α-hetero) is 1. The monoisotopic (exact) mass is 257 g/mol. The molecule has 1 N–H and O–H groups in total. The number of nitrogens with one attached hydrogen (secondary N) is 1. The Hall–Kier alpha value is -1.36. The molecular weight excluding hydrogens is 243 g/mol. The van der Waals surface area contributed by atoms with Gasteiger partial charge in [-0.15, -0.1) is 0 Å². The Morgan fingerprint density at radius 1 is 1.39 bits per heavy atom. The van der Waals surface area contributed by atoms with Crippen molar-refractivity contribution in [2.45, 2.75) is 31.5 Å². The first-order chi connectivity index (χ1) is 8.47. The predicted molar refractivity (Wildman–Crippen MR) is 61.4 cm³/mol. The van der Waals surface area contributed by atoms with Gasteiger partial charge in [0.05, 0.1) is 5.56 Å². The zero-order valence-corrected chi connectivity index (χ0v) is 9.76. The summed E-state index contributed by atoms with van der Waals surface area (Å²) in [5.41, 5.74) is -0.633. The summed E-state index contributed by atoms with van der Waals surface area (Å²) in [4.78, 5) is 11.9. The largest absolute Gasteiger partial charge is 0.416 e. The Morgan fingerprint density at radius 2 is 2.17 bits per heavy atom. The Morgan fingerprint density at radius 3 is 2.78 bits per heavy atom. The van der Waals surface area contributed by atoms with Crippen molar-refractivity contribution >= 4 is 5.78 Å². The molecule has 2 nitrogen and oxygen atoms in total. The van der Waals surface area contributed by atoms with Crippen LogP contribution in [0.5, 0.6) is 0 Å². The molecule has 2 rings (SSSR count). The molecule has 1 aromatic carbocycles. The lowest BCUT2D eigenvalue weighted by Crippen LogP contribution is -2.24. The molecule has 1 aliphatic heterocycles. The molecule has 0 aliphatic carbocycles. The van der Waals surface area contributed by atoms with Crippen LogP contribution in [0.1, 0.15) is 35.2 Å². The van der Waals surface area contributed by atoms with E-state index in [1.54, 1.807) is 0 Å². The van der Waals surface area contributed by atoms with E-state index >= 15 is 0 Å². The zero-order chi connectivity index (χ0) is 13.2. The van der Waals surface area contributed by atoms with Gasteiger partial charge in [0.15, 0.2) is 5.78 Å². The summed E-state index contributed by atoms with van der Waals surface area (Å²) in [6, 6.07) is 4.72. The molecule has 5 heteroatoms. The minimum atomic E-state index is -4.40. The molecule has 1 fully saturated rings. The average Bonchev–Trinajstić information content (AvgIpc) is 2.81. The minimum absolute atomic E-state index is 0.104. The number of ketones is 1. The number of alkyl halides is 3. The highest BCUT2D eigenvalue weighted by Gasteiger charge is 2.31. The Labute approximate surface area is 103 Å². The molecule has 1 aromatic rings. The third kappa shape index (κ3) is 3.10. The molecule has 1 aliphatic rings. The van der Waals surface area contributed by atoms with Crippen molar-refractivity contribution < 1.29 is 18.0 Å². The second-order valence-corrected chi connectivity index (χ2v) is 4.50. The SMILES string of the molecule is O=C(CC1CCCN1)c1cccc(C(F)(F)F)c1. The number of carbonyl (C=O) groups is 1. The highest BCUT2D eigenvalue weighted by Crippen LogP contribution is 2.29. The van der Waals surface area contributed by atoms with Crippen LogP contribution in [-0.4, -0.2) is 18.4 Å². The van der Waals surface area contributed by atoms with E-state index in [4.69, 9.17) is 0 Å². The van der Waals surface area contributed by atoms with E-state index in [9.17, 15) is 18.0 Å². The molecule has 0 bridgehead atoms. The summed E-state index contributed by atoms with van der Waals surface area (Å²) in [5, 5.41) is 3.16. The maximum atomic E-state index is 12.5. The number of hydrogen-bond donors (Lipinski definition) is 1. The Kier molecular flexibility index (Phi) is 3.71. The molecule has 18 heavy (non-hydrogen) atoms. The van der Waals surface area contributed by atoms with Gasteiger partial charge in [-0.3, -0.25) is 4.79 Å². The van der Waals surface area contributed by atoms with E-state index in [0.29, 0.717) is 0 Å². The van der Waals surface area contributed by atoms with Crippen molar-refractivity contribution in [2.24, 2.45) is 0 Å². The number of benzene rings is 1. The van der Waals surface area contributed by atoms with Crippen LogP contribution >= 0.6 is 0 Å². The third-order valence-corrected chi connectivity index (χ3v) is 3.11. The van der Waals surface area contributed by atoms with Crippen molar-refractivity contribution in [1.29, 1.82) is 0 Å². The molecule has 1 atom stereocenters. The van der Waals surface area contributed by atoms with E-state index in [1.807, 2.05) is 0 Å². The molecule has 0 radical (unpaired) electrons. The van der Waals surface area contributed by atoms with Gasteiger partial charge in [-0.1, -0.05) is 12.1 Å². The normalized spacial score (nSPS) is 20.1. The zero-order valence-electron chi connectivity index (χ0n) is 9.76. The van der Waals surface area contributed by atoms with Crippen LogP contribution in [0.2, 0.25) is 0 Å². The van der Waals surface area contributed by atoms with Crippen molar-refractivity contribution in [1.82, 2.24) is 5.32 Å². The fourth-order valence-corrected chi connectivity index (χ4v) is 2.14. The molecule has 98 valence electrons. The first-order valence-electron chi connectivity index (χ1n) is 5.90.